The van der Waals surface area contributed by atoms with E-state index in [9.17, 15) is 0 Å². The van der Waals surface area contributed by atoms with Crippen molar-refractivity contribution in [2.45, 2.75) is 19.8 Å². The zero-order chi connectivity index (χ0) is 13.4. The van der Waals surface area contributed by atoms with Crippen molar-refractivity contribution in [1.29, 1.82) is 0 Å². The lowest BCUT2D eigenvalue weighted by Crippen LogP contribution is -1.97. The molecular formula is C15H16N4. The van der Waals surface area contributed by atoms with Crippen LogP contribution in [-0.2, 0) is 7.05 Å². The molecule has 3 aromatic rings. The molecular weight excluding hydrogens is 236 g/mol. The molecule has 0 aliphatic heterocycles. The minimum Gasteiger partial charge on any atom is -0.275 e. The van der Waals surface area contributed by atoms with Crippen LogP contribution in [0.2, 0.25) is 0 Å². The lowest BCUT2D eigenvalue weighted by Gasteiger charge is -2.11. The van der Waals surface area contributed by atoms with Crippen LogP contribution in [-0.4, -0.2) is 19.7 Å². The molecule has 0 unspecified atom stereocenters. The van der Waals surface area contributed by atoms with E-state index in [1.54, 1.807) is 4.68 Å². The Bertz CT molecular complexity index is 728. The molecule has 0 saturated carbocycles. The van der Waals surface area contributed by atoms with Gasteiger partial charge in [0, 0.05) is 48.2 Å². The second kappa shape index (κ2) is 4.46. The average Bonchev–Trinajstić information content (AvgIpc) is 2.83. The smallest absolute Gasteiger partial charge is 0.0945 e. The first kappa shape index (κ1) is 11.8. The van der Waals surface area contributed by atoms with Gasteiger partial charge in [-0.2, -0.15) is 5.10 Å². The van der Waals surface area contributed by atoms with Gasteiger partial charge in [-0.1, -0.05) is 13.8 Å². The van der Waals surface area contributed by atoms with Gasteiger partial charge in [0.2, 0.25) is 0 Å². The molecule has 0 aromatic carbocycles. The molecule has 3 rings (SSSR count). The van der Waals surface area contributed by atoms with E-state index in [4.69, 9.17) is 0 Å². The van der Waals surface area contributed by atoms with E-state index in [-0.39, 0.29) is 0 Å². The summed E-state index contributed by atoms with van der Waals surface area (Å²) in [5, 5.41) is 6.73. The Morgan fingerprint density at radius 2 is 1.95 bits per heavy atom. The van der Waals surface area contributed by atoms with Crippen molar-refractivity contribution in [3.8, 4) is 11.3 Å². The van der Waals surface area contributed by atoms with Crippen LogP contribution in [0.15, 0.2) is 36.9 Å². The molecule has 0 spiro atoms. The van der Waals surface area contributed by atoms with Gasteiger partial charge in [-0.15, -0.1) is 0 Å². The van der Waals surface area contributed by atoms with Gasteiger partial charge in [0.05, 0.1) is 11.4 Å². The predicted molar refractivity (Wildman–Crippen MR) is 75.8 cm³/mol. The highest BCUT2D eigenvalue weighted by atomic mass is 15.2. The number of fused-ring (bicyclic) bond motifs is 1. The van der Waals surface area contributed by atoms with Crippen LogP contribution in [0.1, 0.15) is 25.5 Å². The van der Waals surface area contributed by atoms with Gasteiger partial charge in [0.15, 0.2) is 0 Å². The summed E-state index contributed by atoms with van der Waals surface area (Å²) in [6, 6.07) is 4.03. The Hall–Kier alpha value is -2.23. The number of hydrogen-bond donors (Lipinski definition) is 0. The molecule has 4 nitrogen and oxygen atoms in total. The maximum atomic E-state index is 4.61. The molecule has 96 valence electrons. The fraction of sp³-hybridized carbons (Fsp3) is 0.267. The van der Waals surface area contributed by atoms with Gasteiger partial charge in [-0.25, -0.2) is 0 Å². The van der Waals surface area contributed by atoms with E-state index in [0.717, 1.165) is 27.7 Å². The van der Waals surface area contributed by atoms with Gasteiger partial charge < -0.3 is 0 Å². The third kappa shape index (κ3) is 1.99. The van der Waals surface area contributed by atoms with Crippen LogP contribution in [0, 0.1) is 0 Å². The molecule has 19 heavy (non-hydrogen) atoms. The molecule has 0 amide bonds. The minimum absolute atomic E-state index is 0.391. The fourth-order valence-corrected chi connectivity index (χ4v) is 2.33. The van der Waals surface area contributed by atoms with Crippen molar-refractivity contribution in [2.75, 3.05) is 0 Å². The zero-order valence-corrected chi connectivity index (χ0v) is 11.3. The second-order valence-corrected chi connectivity index (χ2v) is 5.01. The first-order chi connectivity index (χ1) is 9.16. The monoisotopic (exact) mass is 252 g/mol. The van der Waals surface area contributed by atoms with Crippen LogP contribution in [0.25, 0.3) is 22.0 Å². The van der Waals surface area contributed by atoms with Crippen molar-refractivity contribution < 1.29 is 0 Å². The highest BCUT2D eigenvalue weighted by Crippen LogP contribution is 2.30. The van der Waals surface area contributed by atoms with Crippen molar-refractivity contribution in [2.24, 2.45) is 7.05 Å². The quantitative estimate of drug-likeness (QED) is 0.703. The summed E-state index contributed by atoms with van der Waals surface area (Å²) in [7, 11) is 1.92. The summed E-state index contributed by atoms with van der Waals surface area (Å²) >= 11 is 0. The lowest BCUT2D eigenvalue weighted by molar-refractivity contribution is 0.770. The summed E-state index contributed by atoms with van der Waals surface area (Å²) in [5.41, 5.74) is 3.08. The van der Waals surface area contributed by atoms with Crippen LogP contribution < -0.4 is 0 Å². The molecule has 0 fully saturated rings. The van der Waals surface area contributed by atoms with E-state index in [2.05, 4.69) is 28.9 Å². The summed E-state index contributed by atoms with van der Waals surface area (Å²) < 4.78 is 1.80. The van der Waals surface area contributed by atoms with E-state index in [0.29, 0.717) is 5.92 Å². The summed E-state index contributed by atoms with van der Waals surface area (Å²) in [4.78, 5) is 8.86. The molecule has 0 radical (unpaired) electrons. The van der Waals surface area contributed by atoms with E-state index < -0.39 is 0 Å². The first-order valence-corrected chi connectivity index (χ1v) is 6.39. The van der Waals surface area contributed by atoms with Gasteiger partial charge in [0.1, 0.15) is 0 Å². The minimum atomic E-state index is 0.391. The lowest BCUT2D eigenvalue weighted by atomic mass is 10.00. The molecule has 0 aliphatic carbocycles. The number of aromatic nitrogens is 4. The summed E-state index contributed by atoms with van der Waals surface area (Å²) in [6.07, 6.45) is 7.56. The molecule has 4 heteroatoms. The molecule has 0 atom stereocenters. The second-order valence-electron chi connectivity index (χ2n) is 5.01. The van der Waals surface area contributed by atoms with E-state index in [1.807, 2.05) is 44.0 Å². The maximum absolute atomic E-state index is 4.61. The van der Waals surface area contributed by atoms with E-state index in [1.165, 1.54) is 0 Å². The van der Waals surface area contributed by atoms with Crippen molar-refractivity contribution in [1.82, 2.24) is 19.7 Å². The molecule has 0 bridgehead atoms. The Labute approximate surface area is 112 Å². The average molecular weight is 252 g/mol. The van der Waals surface area contributed by atoms with Crippen molar-refractivity contribution >= 4 is 10.8 Å². The SMILES string of the molecule is CC(C)c1ncc(-c2ccn(C)n2)c2cnccc12. The molecule has 0 aliphatic rings. The van der Waals surface area contributed by atoms with Crippen LogP contribution in [0.3, 0.4) is 0 Å². The summed E-state index contributed by atoms with van der Waals surface area (Å²) in [5.74, 6) is 0.391. The van der Waals surface area contributed by atoms with Crippen molar-refractivity contribution in [3.05, 3.63) is 42.6 Å². The van der Waals surface area contributed by atoms with Gasteiger partial charge in [-0.05, 0) is 18.1 Å². The predicted octanol–water partition coefficient (Wildman–Crippen LogP) is 3.15. The van der Waals surface area contributed by atoms with E-state index >= 15 is 0 Å². The first-order valence-electron chi connectivity index (χ1n) is 6.39. The topological polar surface area (TPSA) is 43.6 Å². The largest absolute Gasteiger partial charge is 0.275 e. The number of aryl methyl sites for hydroxylation is 1. The third-order valence-electron chi connectivity index (χ3n) is 3.26. The normalized spacial score (nSPS) is 11.4. The standard InChI is InChI=1S/C15H16N4/c1-10(2)15-11-4-6-16-8-12(11)13(9-17-15)14-5-7-19(3)18-14/h4-10H,1-3H3. The van der Waals surface area contributed by atoms with Crippen LogP contribution in [0.5, 0.6) is 0 Å². The Kier molecular flexibility index (Phi) is 2.78. The van der Waals surface area contributed by atoms with Gasteiger partial charge in [-0.3, -0.25) is 14.6 Å². The Morgan fingerprint density at radius 1 is 1.11 bits per heavy atom. The van der Waals surface area contributed by atoms with Gasteiger partial charge >= 0.3 is 0 Å². The fourth-order valence-electron chi connectivity index (χ4n) is 2.33. The Morgan fingerprint density at radius 3 is 2.63 bits per heavy atom. The highest BCUT2D eigenvalue weighted by Gasteiger charge is 2.12. The van der Waals surface area contributed by atoms with Gasteiger partial charge in [0.25, 0.3) is 0 Å². The molecule has 0 saturated heterocycles. The number of nitrogens with zero attached hydrogens (tertiary/aromatic N) is 4. The highest BCUT2D eigenvalue weighted by molar-refractivity contribution is 5.96. The number of pyridine rings is 2. The molecule has 3 heterocycles. The maximum Gasteiger partial charge on any atom is 0.0945 e. The number of hydrogen-bond acceptors (Lipinski definition) is 3. The number of rotatable bonds is 2. The Balaban J connectivity index is 2.30. The zero-order valence-electron chi connectivity index (χ0n) is 11.3. The summed E-state index contributed by atoms with van der Waals surface area (Å²) in [6.45, 7) is 4.31. The van der Waals surface area contributed by atoms with Crippen LogP contribution >= 0.6 is 0 Å². The molecule has 0 N–H and O–H groups in total. The van der Waals surface area contributed by atoms with Crippen LogP contribution in [0.4, 0.5) is 0 Å². The third-order valence-corrected chi connectivity index (χ3v) is 3.26. The van der Waals surface area contributed by atoms with Crippen molar-refractivity contribution in [3.63, 3.8) is 0 Å². The molecule has 3 aromatic heterocycles.